The van der Waals surface area contributed by atoms with Crippen LogP contribution in [0.15, 0.2) is 84.9 Å². The maximum absolute atomic E-state index is 12.0. The molecule has 308 valence electrons. The van der Waals surface area contributed by atoms with Gasteiger partial charge in [0.25, 0.3) is 0 Å². The van der Waals surface area contributed by atoms with Crippen molar-refractivity contribution in [3.63, 3.8) is 0 Å². The van der Waals surface area contributed by atoms with Gasteiger partial charge in [0.2, 0.25) is 0 Å². The highest BCUT2D eigenvalue weighted by Gasteiger charge is 2.31. The Morgan fingerprint density at radius 1 is 0.638 bits per heavy atom. The Hall–Kier alpha value is -6.38. The first-order chi connectivity index (χ1) is 27.7. The third-order valence-electron chi connectivity index (χ3n) is 7.50. The van der Waals surface area contributed by atoms with Gasteiger partial charge < -0.3 is 38.6 Å². The van der Waals surface area contributed by atoms with Crippen LogP contribution in [0.25, 0.3) is 0 Å². The van der Waals surface area contributed by atoms with Gasteiger partial charge in [0.1, 0.15) is 43.5 Å². The summed E-state index contributed by atoms with van der Waals surface area (Å²) in [6, 6.07) is 22.9. The van der Waals surface area contributed by atoms with Crippen molar-refractivity contribution < 1.29 is 67.4 Å². The topological polar surface area (TPSA) is 202 Å². The number of rotatable bonds is 10. The number of aryl methyl sites for hydroxylation is 2. The number of carboxylic acids is 1. The molecule has 1 saturated heterocycles. The molecule has 0 aromatic heterocycles. The molecule has 14 nitrogen and oxygen atoms in total. The van der Waals surface area contributed by atoms with Crippen molar-refractivity contribution in [2.45, 2.75) is 66.6 Å². The fourth-order valence-corrected chi connectivity index (χ4v) is 4.55. The van der Waals surface area contributed by atoms with Crippen molar-refractivity contribution in [3.05, 3.63) is 129 Å². The molecule has 2 N–H and O–H groups in total. The highest BCUT2D eigenvalue weighted by molar-refractivity contribution is 6.16. The van der Waals surface area contributed by atoms with Crippen LogP contribution < -0.4 is 9.47 Å². The van der Waals surface area contributed by atoms with E-state index in [9.17, 15) is 33.9 Å². The van der Waals surface area contributed by atoms with E-state index in [1.54, 1.807) is 12.1 Å². The van der Waals surface area contributed by atoms with Crippen molar-refractivity contribution in [2.75, 3.05) is 26.4 Å². The number of fused-ring (bicyclic) bond motifs is 2. The predicted molar refractivity (Wildman–Crippen MR) is 211 cm³/mol. The molecular formula is C44H48O14. The number of carbonyl (C=O) groups excluding carboxylic acids is 5. The fraction of sp³-hybridized carbons (Fsp3) is 0.318. The molecule has 0 radical (unpaired) electrons. The molecule has 4 aromatic carbocycles. The molecule has 2 unspecified atom stereocenters. The summed E-state index contributed by atoms with van der Waals surface area (Å²) in [5.41, 5.74) is 2.63. The number of aliphatic hydroxyl groups is 1. The van der Waals surface area contributed by atoms with Crippen LogP contribution in [0, 0.1) is 13.8 Å². The third-order valence-corrected chi connectivity index (χ3v) is 7.50. The van der Waals surface area contributed by atoms with E-state index < -0.39 is 41.9 Å². The maximum Gasteiger partial charge on any atom is 0.346 e. The Labute approximate surface area is 336 Å². The van der Waals surface area contributed by atoms with Crippen molar-refractivity contribution >= 4 is 35.8 Å². The van der Waals surface area contributed by atoms with Gasteiger partial charge in [0.15, 0.2) is 0 Å². The summed E-state index contributed by atoms with van der Waals surface area (Å²) in [4.78, 5) is 67.5. The van der Waals surface area contributed by atoms with Gasteiger partial charge in [-0.05, 0) is 74.5 Å². The molecular weight excluding hydrogens is 752 g/mol. The molecule has 0 bridgehead atoms. The van der Waals surface area contributed by atoms with Crippen molar-refractivity contribution in [1.82, 2.24) is 0 Å². The fourth-order valence-electron chi connectivity index (χ4n) is 4.55. The molecule has 3 aliphatic heterocycles. The van der Waals surface area contributed by atoms with E-state index in [0.29, 0.717) is 18.5 Å². The van der Waals surface area contributed by atoms with E-state index in [1.165, 1.54) is 48.7 Å². The van der Waals surface area contributed by atoms with E-state index in [2.05, 4.69) is 44.1 Å². The Balaban J connectivity index is 0.000000236. The minimum Gasteiger partial charge on any atom is -0.491 e. The van der Waals surface area contributed by atoms with Crippen LogP contribution >= 0.6 is 0 Å². The first-order valence-electron chi connectivity index (χ1n) is 18.6. The summed E-state index contributed by atoms with van der Waals surface area (Å²) >= 11 is 0. The molecule has 1 fully saturated rings. The summed E-state index contributed by atoms with van der Waals surface area (Å²) in [5.74, 6) is -3.43. The first kappa shape index (κ1) is 46.0. The smallest absolute Gasteiger partial charge is 0.346 e. The molecule has 0 aliphatic carbocycles. The standard InChI is InChI=1S/C19H16O7.C10H12O2.C9H4O5.2C3H8/c1-11-2-5-14(6-3-11)24-9-13(20)10-25-17(21)12-4-7-15-16(8-12)19(23)26-18(15)22;1-8-2-4-9(5-3-8)11-6-10-7-12-10;10-7(11)4-1-2-5-6(3-4)9(13)14-8(5)12;2*1-3-2/h2-8,13,20H,9-10H2,1H3;2-5,10H,6-7H2,1H3;1-3H,(H,10,11);2*3H2,1-2H3. The van der Waals surface area contributed by atoms with Crippen molar-refractivity contribution in [2.24, 2.45) is 0 Å². The van der Waals surface area contributed by atoms with Crippen molar-refractivity contribution in [3.8, 4) is 11.5 Å². The van der Waals surface area contributed by atoms with E-state index in [-0.39, 0.29) is 46.6 Å². The third kappa shape index (κ3) is 14.6. The van der Waals surface area contributed by atoms with Crippen LogP contribution in [0.2, 0.25) is 0 Å². The average molecular weight is 801 g/mol. The van der Waals surface area contributed by atoms with Crippen LogP contribution in [0.4, 0.5) is 0 Å². The van der Waals surface area contributed by atoms with Gasteiger partial charge in [0.05, 0.1) is 40.0 Å². The number of hydrogen-bond donors (Lipinski definition) is 2. The van der Waals surface area contributed by atoms with Crippen LogP contribution in [-0.4, -0.2) is 84.7 Å². The number of epoxide rings is 1. The van der Waals surface area contributed by atoms with Crippen LogP contribution in [0.5, 0.6) is 11.5 Å². The van der Waals surface area contributed by atoms with E-state index in [4.69, 9.17) is 24.1 Å². The van der Waals surface area contributed by atoms with Gasteiger partial charge >= 0.3 is 35.8 Å². The molecule has 0 spiro atoms. The average Bonchev–Trinajstić information content (AvgIpc) is 3.94. The number of benzene rings is 4. The zero-order valence-electron chi connectivity index (χ0n) is 33.3. The number of carboxylic acid groups (broad SMARTS) is 1. The van der Waals surface area contributed by atoms with E-state index in [0.717, 1.165) is 24.0 Å². The Kier molecular flexibility index (Phi) is 18.2. The summed E-state index contributed by atoms with van der Waals surface area (Å²) in [5, 5.41) is 18.5. The van der Waals surface area contributed by atoms with Gasteiger partial charge in [-0.25, -0.2) is 28.8 Å². The Morgan fingerprint density at radius 2 is 1.05 bits per heavy atom. The van der Waals surface area contributed by atoms with E-state index >= 15 is 0 Å². The number of cyclic esters (lactones) is 4. The molecule has 2 atom stereocenters. The zero-order chi connectivity index (χ0) is 42.8. The molecule has 14 heteroatoms. The van der Waals surface area contributed by atoms with Gasteiger partial charge in [-0.15, -0.1) is 0 Å². The Bertz CT molecular complexity index is 2030. The summed E-state index contributed by atoms with van der Waals surface area (Å²) in [6.07, 6.45) is 1.83. The molecule has 4 aromatic rings. The number of ether oxygens (including phenoxy) is 6. The lowest BCUT2D eigenvalue weighted by molar-refractivity contribution is 0.0130. The molecule has 0 saturated carbocycles. The van der Waals surface area contributed by atoms with Crippen molar-refractivity contribution in [1.29, 1.82) is 0 Å². The van der Waals surface area contributed by atoms with Gasteiger partial charge in [-0.1, -0.05) is 75.9 Å². The maximum atomic E-state index is 12.0. The highest BCUT2D eigenvalue weighted by atomic mass is 16.6. The predicted octanol–water partition coefficient (Wildman–Crippen LogP) is 7.20. The molecule has 7 rings (SSSR count). The number of aromatic carboxylic acids is 1. The zero-order valence-corrected chi connectivity index (χ0v) is 33.3. The van der Waals surface area contributed by atoms with Gasteiger partial charge in [0, 0.05) is 0 Å². The second-order valence-electron chi connectivity index (χ2n) is 13.0. The SMILES string of the molecule is CCC.CCC.Cc1ccc(OCC(O)COC(=O)c2ccc3c(c2)C(=O)OC3=O)cc1.Cc1ccc(OCC2CO2)cc1.O=C(O)c1ccc2c(c1)C(=O)OC2=O. The molecule has 58 heavy (non-hydrogen) atoms. The van der Waals surface area contributed by atoms with Gasteiger partial charge in [-0.2, -0.15) is 0 Å². The lowest BCUT2D eigenvalue weighted by Crippen LogP contribution is -2.25. The van der Waals surface area contributed by atoms with Crippen LogP contribution in [0.3, 0.4) is 0 Å². The van der Waals surface area contributed by atoms with Gasteiger partial charge in [-0.3, -0.25) is 0 Å². The molecule has 3 heterocycles. The monoisotopic (exact) mass is 800 g/mol. The van der Waals surface area contributed by atoms with Crippen LogP contribution in [-0.2, 0) is 18.9 Å². The van der Waals surface area contributed by atoms with Crippen LogP contribution in [0.1, 0.15) is 114 Å². The lowest BCUT2D eigenvalue weighted by Gasteiger charge is -2.13. The number of carbonyl (C=O) groups is 6. The first-order valence-corrected chi connectivity index (χ1v) is 18.6. The summed E-state index contributed by atoms with van der Waals surface area (Å²) in [6.45, 7) is 13.7. The molecule has 0 amide bonds. The largest absolute Gasteiger partial charge is 0.491 e. The quantitative estimate of drug-likeness (QED) is 0.0705. The summed E-state index contributed by atoms with van der Waals surface area (Å²) < 4.78 is 29.7. The second-order valence-corrected chi connectivity index (χ2v) is 13.0. The summed E-state index contributed by atoms with van der Waals surface area (Å²) in [7, 11) is 0. The second kappa shape index (κ2) is 23.0. The van der Waals surface area contributed by atoms with E-state index in [1.807, 2.05) is 43.3 Å². The Morgan fingerprint density at radius 3 is 1.50 bits per heavy atom. The normalized spacial score (nSPS) is 14.4. The minimum absolute atomic E-state index is 0.00917. The number of hydrogen-bond acceptors (Lipinski definition) is 13. The number of esters is 5. The molecule has 3 aliphatic rings. The highest BCUT2D eigenvalue weighted by Crippen LogP contribution is 2.23. The minimum atomic E-state index is -1.15. The lowest BCUT2D eigenvalue weighted by atomic mass is 10.1. The number of aliphatic hydroxyl groups excluding tert-OH is 1.